The van der Waals surface area contributed by atoms with Gasteiger partial charge in [-0.3, -0.25) is 19.3 Å². The molecule has 0 unspecified atom stereocenters. The van der Waals surface area contributed by atoms with Gasteiger partial charge in [-0.25, -0.2) is 4.79 Å². The Labute approximate surface area is 211 Å². The molecule has 2 heterocycles. The highest BCUT2D eigenvalue weighted by atomic mass is 35.5. The van der Waals surface area contributed by atoms with Crippen molar-refractivity contribution in [3.8, 4) is 11.5 Å². The summed E-state index contributed by atoms with van der Waals surface area (Å²) in [6.45, 7) is 1.04. The van der Waals surface area contributed by atoms with Crippen LogP contribution in [0.2, 0.25) is 5.02 Å². The highest BCUT2D eigenvalue weighted by Crippen LogP contribution is 2.34. The van der Waals surface area contributed by atoms with E-state index in [-0.39, 0.29) is 28.1 Å². The lowest BCUT2D eigenvalue weighted by Crippen LogP contribution is -2.44. The number of imide groups is 1. The quantitative estimate of drug-likeness (QED) is 0.315. The maximum Gasteiger partial charge on any atom is 0.343 e. The van der Waals surface area contributed by atoms with Crippen LogP contribution in [-0.2, 0) is 9.59 Å². The molecule has 2 aliphatic heterocycles. The number of nitrogens with zero attached hydrogens (tertiary/aromatic N) is 2. The first-order chi connectivity index (χ1) is 16.9. The lowest BCUT2D eigenvalue weighted by molar-refractivity contribution is -0.136. The van der Waals surface area contributed by atoms with Crippen molar-refractivity contribution in [1.82, 2.24) is 9.80 Å². The van der Waals surface area contributed by atoms with Crippen LogP contribution in [0.25, 0.3) is 6.08 Å². The van der Waals surface area contributed by atoms with Gasteiger partial charge in [0, 0.05) is 13.1 Å². The molecule has 0 bridgehead atoms. The van der Waals surface area contributed by atoms with E-state index in [0.717, 1.165) is 35.9 Å². The Balaban J connectivity index is 1.42. The number of amides is 3. The summed E-state index contributed by atoms with van der Waals surface area (Å²) in [5.41, 5.74) is 0.880. The van der Waals surface area contributed by atoms with Crippen LogP contribution < -0.4 is 9.47 Å². The van der Waals surface area contributed by atoms with Crippen LogP contribution in [0.1, 0.15) is 35.2 Å². The number of carbonyl (C=O) groups is 4. The molecule has 0 aliphatic carbocycles. The number of benzene rings is 2. The predicted molar refractivity (Wildman–Crippen MR) is 133 cm³/mol. The van der Waals surface area contributed by atoms with E-state index in [1.807, 2.05) is 0 Å². The molecule has 182 valence electrons. The number of rotatable bonds is 6. The van der Waals surface area contributed by atoms with Gasteiger partial charge in [-0.1, -0.05) is 17.7 Å². The molecule has 4 rings (SSSR count). The number of methoxy groups -OCH3 is 1. The molecule has 3 amide bonds. The van der Waals surface area contributed by atoms with E-state index in [2.05, 4.69) is 0 Å². The van der Waals surface area contributed by atoms with E-state index in [1.165, 1.54) is 25.3 Å². The van der Waals surface area contributed by atoms with Crippen LogP contribution in [0.5, 0.6) is 11.5 Å². The van der Waals surface area contributed by atoms with Crippen LogP contribution in [0.4, 0.5) is 4.79 Å². The van der Waals surface area contributed by atoms with Crippen molar-refractivity contribution in [3.63, 3.8) is 0 Å². The minimum atomic E-state index is -0.582. The summed E-state index contributed by atoms with van der Waals surface area (Å²) in [4.78, 5) is 52.9. The zero-order valence-electron chi connectivity index (χ0n) is 19.0. The maximum atomic E-state index is 12.8. The zero-order chi connectivity index (χ0) is 24.9. The summed E-state index contributed by atoms with van der Waals surface area (Å²) >= 11 is 7.07. The summed E-state index contributed by atoms with van der Waals surface area (Å²) in [6.07, 6.45) is 4.47. The minimum absolute atomic E-state index is 0.157. The van der Waals surface area contributed by atoms with Crippen LogP contribution in [0.3, 0.4) is 0 Å². The van der Waals surface area contributed by atoms with Crippen molar-refractivity contribution in [3.05, 3.63) is 63.5 Å². The van der Waals surface area contributed by atoms with Gasteiger partial charge in [0.15, 0.2) is 0 Å². The molecule has 2 saturated heterocycles. The Morgan fingerprint density at radius 3 is 2.43 bits per heavy atom. The molecule has 8 nitrogen and oxygen atoms in total. The van der Waals surface area contributed by atoms with Crippen molar-refractivity contribution in [2.24, 2.45) is 0 Å². The summed E-state index contributed by atoms with van der Waals surface area (Å²) < 4.78 is 10.5. The lowest BCUT2D eigenvalue weighted by Gasteiger charge is -2.27. The molecule has 0 spiro atoms. The fourth-order valence-corrected chi connectivity index (χ4v) is 4.81. The normalized spacial score (nSPS) is 17.1. The van der Waals surface area contributed by atoms with Crippen LogP contribution in [0, 0.1) is 0 Å². The zero-order valence-corrected chi connectivity index (χ0v) is 20.6. The van der Waals surface area contributed by atoms with E-state index >= 15 is 0 Å². The lowest BCUT2D eigenvalue weighted by atomic mass is 10.1. The second kappa shape index (κ2) is 11.0. The van der Waals surface area contributed by atoms with Crippen molar-refractivity contribution in [1.29, 1.82) is 0 Å². The van der Waals surface area contributed by atoms with E-state index in [0.29, 0.717) is 30.0 Å². The first-order valence-corrected chi connectivity index (χ1v) is 12.2. The summed E-state index contributed by atoms with van der Waals surface area (Å²) in [7, 11) is 1.53. The third-order valence-corrected chi connectivity index (χ3v) is 6.86. The first-order valence-electron chi connectivity index (χ1n) is 11.0. The van der Waals surface area contributed by atoms with Crippen LogP contribution in [0.15, 0.2) is 47.4 Å². The molecule has 2 aromatic carbocycles. The summed E-state index contributed by atoms with van der Waals surface area (Å²) in [6, 6.07) is 11.1. The van der Waals surface area contributed by atoms with Gasteiger partial charge in [0.2, 0.25) is 5.91 Å². The smallest absolute Gasteiger partial charge is 0.343 e. The number of halogens is 1. The molecule has 35 heavy (non-hydrogen) atoms. The van der Waals surface area contributed by atoms with Gasteiger partial charge in [0.25, 0.3) is 11.1 Å². The van der Waals surface area contributed by atoms with Gasteiger partial charge in [0.1, 0.15) is 18.0 Å². The minimum Gasteiger partial charge on any atom is -0.497 e. The molecule has 0 N–H and O–H groups in total. The fourth-order valence-electron chi connectivity index (χ4n) is 3.74. The van der Waals surface area contributed by atoms with Gasteiger partial charge in [0.05, 0.1) is 22.6 Å². The van der Waals surface area contributed by atoms with E-state index in [1.54, 1.807) is 35.2 Å². The number of hydrogen-bond acceptors (Lipinski definition) is 7. The SMILES string of the molecule is COc1ccc(C(=O)Oc2ccc(/C=C3\SC(=O)N(CC(=O)N4CCCCC4)C3=O)cc2Cl)cc1. The number of thioether (sulfide) groups is 1. The second-order valence-corrected chi connectivity index (χ2v) is 9.42. The van der Waals surface area contributed by atoms with Crippen molar-refractivity contribution in [2.45, 2.75) is 19.3 Å². The molecule has 0 radical (unpaired) electrons. The number of ether oxygens (including phenoxy) is 2. The molecule has 0 saturated carbocycles. The average Bonchev–Trinajstić information content (AvgIpc) is 3.13. The number of piperidine rings is 1. The number of carbonyl (C=O) groups excluding carboxylic acids is 4. The molecule has 2 aliphatic rings. The largest absolute Gasteiger partial charge is 0.497 e. The Morgan fingerprint density at radius 1 is 1.06 bits per heavy atom. The molecular formula is C25H23ClN2O6S. The predicted octanol–water partition coefficient (Wildman–Crippen LogP) is 4.62. The van der Waals surface area contributed by atoms with E-state index in [4.69, 9.17) is 21.1 Å². The molecule has 0 atom stereocenters. The van der Waals surface area contributed by atoms with Gasteiger partial charge < -0.3 is 14.4 Å². The Hall–Kier alpha value is -3.30. The highest BCUT2D eigenvalue weighted by molar-refractivity contribution is 8.18. The summed E-state index contributed by atoms with van der Waals surface area (Å²) in [5, 5.41) is -0.317. The van der Waals surface area contributed by atoms with Gasteiger partial charge in [-0.2, -0.15) is 0 Å². The third-order valence-electron chi connectivity index (χ3n) is 5.66. The molecule has 10 heteroatoms. The van der Waals surface area contributed by atoms with Crippen molar-refractivity contribution >= 4 is 52.5 Å². The number of hydrogen-bond donors (Lipinski definition) is 0. The fraction of sp³-hybridized carbons (Fsp3) is 0.280. The summed E-state index contributed by atoms with van der Waals surface area (Å²) in [5.74, 6) is -0.549. The monoisotopic (exact) mass is 514 g/mol. The second-order valence-electron chi connectivity index (χ2n) is 8.02. The molecule has 0 aromatic heterocycles. The Morgan fingerprint density at radius 2 is 1.77 bits per heavy atom. The number of likely N-dealkylation sites (tertiary alicyclic amines) is 1. The van der Waals surface area contributed by atoms with E-state index in [9.17, 15) is 19.2 Å². The molecule has 2 aromatic rings. The van der Waals surface area contributed by atoms with Gasteiger partial charge in [-0.15, -0.1) is 0 Å². The van der Waals surface area contributed by atoms with Crippen LogP contribution >= 0.6 is 23.4 Å². The molecular weight excluding hydrogens is 492 g/mol. The topological polar surface area (TPSA) is 93.2 Å². The van der Waals surface area contributed by atoms with Gasteiger partial charge in [-0.05, 0) is 79.1 Å². The van der Waals surface area contributed by atoms with E-state index < -0.39 is 17.1 Å². The highest BCUT2D eigenvalue weighted by Gasteiger charge is 2.37. The van der Waals surface area contributed by atoms with Crippen LogP contribution in [-0.4, -0.2) is 59.6 Å². The standard InChI is InChI=1S/C25H23ClN2O6S/c1-33-18-8-6-17(7-9-18)24(31)34-20-10-5-16(13-19(20)26)14-21-23(30)28(25(32)35-21)15-22(29)27-11-3-2-4-12-27/h5-10,13-14H,2-4,11-12,15H2,1H3/b21-14-. The van der Waals surface area contributed by atoms with Gasteiger partial charge >= 0.3 is 5.97 Å². The third kappa shape index (κ3) is 5.86. The maximum absolute atomic E-state index is 12.8. The van der Waals surface area contributed by atoms with Crippen molar-refractivity contribution in [2.75, 3.05) is 26.7 Å². The Kier molecular flexibility index (Phi) is 7.77. The average molecular weight is 515 g/mol. The van der Waals surface area contributed by atoms with Crippen molar-refractivity contribution < 1.29 is 28.7 Å². The number of esters is 1. The first kappa shape index (κ1) is 24.8. The molecule has 2 fully saturated rings. The Bertz CT molecular complexity index is 1190.